The first-order chi connectivity index (χ1) is 23.2. The van der Waals surface area contributed by atoms with Crippen molar-refractivity contribution in [2.75, 3.05) is 25.4 Å². The monoisotopic (exact) mass is 646 g/mol. The summed E-state index contributed by atoms with van der Waals surface area (Å²) >= 11 is 0. The second-order valence-electron chi connectivity index (χ2n) is 12.6. The van der Waals surface area contributed by atoms with Crippen molar-refractivity contribution in [3.63, 3.8) is 0 Å². The smallest absolute Gasteiger partial charge is 0.264 e. The van der Waals surface area contributed by atoms with E-state index in [1.54, 1.807) is 46.1 Å². The van der Waals surface area contributed by atoms with Crippen molar-refractivity contribution >= 4 is 22.8 Å². The zero-order valence-corrected chi connectivity index (χ0v) is 26.8. The number of likely N-dealkylation sites (tertiary alicyclic amines) is 1. The molecule has 0 saturated carbocycles. The second-order valence-corrected chi connectivity index (χ2v) is 12.6. The lowest BCUT2D eigenvalue weighted by Gasteiger charge is -2.39. The van der Waals surface area contributed by atoms with Crippen LogP contribution in [0.3, 0.4) is 0 Å². The van der Waals surface area contributed by atoms with Crippen molar-refractivity contribution in [2.45, 2.75) is 51.4 Å². The Morgan fingerprint density at radius 2 is 1.94 bits per heavy atom. The number of nitrogen functional groups attached to an aromatic ring is 1. The fraction of sp³-hybridized carbons (Fsp3) is 0.314. The number of carbonyl (C=O) groups excluding carboxylic acids is 1. The average Bonchev–Trinajstić information content (AvgIpc) is 3.73. The van der Waals surface area contributed by atoms with Gasteiger partial charge in [-0.05, 0) is 57.0 Å². The van der Waals surface area contributed by atoms with Gasteiger partial charge in [0.2, 0.25) is 0 Å². The first-order valence-corrected chi connectivity index (χ1v) is 15.9. The topological polar surface area (TPSA) is 144 Å². The number of rotatable bonds is 7. The van der Waals surface area contributed by atoms with Crippen LogP contribution in [-0.2, 0) is 17.9 Å². The standard InChI is InChI=1S/C35H35FN10O2/c1-35(2,45-16-15-43-14-12-39-29(43)21-45)18-23(19-37)34(47)44-13-6-7-24(20-44)46-33-30(32(38)40-22-41-33)31(42-46)27-11-10-26(17-28(27)36)48-25-8-4-3-5-9-25/h3-5,8-12,14,17-18,22,24H,6-7,13,15-16,20-21H2,1-2H3,(H2,38,40,41)/b23-18-/t24-/m1/s1. The predicted molar refractivity (Wildman–Crippen MR) is 177 cm³/mol. The largest absolute Gasteiger partial charge is 0.457 e. The van der Waals surface area contributed by atoms with E-state index < -0.39 is 11.4 Å². The summed E-state index contributed by atoms with van der Waals surface area (Å²) in [6.07, 6.45) is 8.26. The quantitative estimate of drug-likeness (QED) is 0.188. The van der Waals surface area contributed by atoms with Gasteiger partial charge in [-0.25, -0.2) is 24.0 Å². The number of benzene rings is 2. The Morgan fingerprint density at radius 1 is 1.10 bits per heavy atom. The number of carbonyl (C=O) groups is 1. The summed E-state index contributed by atoms with van der Waals surface area (Å²) in [6, 6.07) is 15.6. The van der Waals surface area contributed by atoms with Crippen LogP contribution >= 0.6 is 0 Å². The summed E-state index contributed by atoms with van der Waals surface area (Å²) in [5.74, 6) is 1.19. The van der Waals surface area contributed by atoms with Crippen LogP contribution in [0.5, 0.6) is 11.5 Å². The molecular formula is C35H35FN10O2. The van der Waals surface area contributed by atoms with E-state index in [0.717, 1.165) is 18.9 Å². The maximum Gasteiger partial charge on any atom is 0.264 e. The maximum atomic E-state index is 15.7. The average molecular weight is 647 g/mol. The summed E-state index contributed by atoms with van der Waals surface area (Å²) in [7, 11) is 0. The zero-order valence-electron chi connectivity index (χ0n) is 26.8. The molecule has 13 heteroatoms. The number of ether oxygens (including phenoxy) is 1. The van der Waals surface area contributed by atoms with Crippen LogP contribution in [0.1, 0.15) is 38.6 Å². The molecule has 1 atom stereocenters. The Hall–Kier alpha value is -5.61. The molecule has 1 amide bonds. The Balaban J connectivity index is 1.15. The Kier molecular flexibility index (Phi) is 8.10. The van der Waals surface area contributed by atoms with E-state index in [0.29, 0.717) is 60.7 Å². The molecule has 3 aromatic heterocycles. The van der Waals surface area contributed by atoms with Crippen molar-refractivity contribution in [1.82, 2.24) is 39.1 Å². The number of imidazole rings is 1. The van der Waals surface area contributed by atoms with Crippen LogP contribution < -0.4 is 10.5 Å². The first kappa shape index (κ1) is 31.0. The summed E-state index contributed by atoms with van der Waals surface area (Å²) in [6.45, 7) is 7.00. The van der Waals surface area contributed by atoms with Gasteiger partial charge in [0.05, 0.1) is 18.0 Å². The van der Waals surface area contributed by atoms with E-state index in [-0.39, 0.29) is 28.9 Å². The van der Waals surface area contributed by atoms with Crippen LogP contribution in [0.2, 0.25) is 0 Å². The Morgan fingerprint density at radius 3 is 2.73 bits per heavy atom. The molecule has 0 unspecified atom stereocenters. The SMILES string of the molecule is CC(C)(/C=C(/C#N)C(=O)N1CCC[C@@H](n2nc(-c3ccc(Oc4ccccc4)cc3F)c3c(N)ncnc32)C1)N1CCn2ccnc2C1. The molecule has 12 nitrogen and oxygen atoms in total. The maximum absolute atomic E-state index is 15.7. The number of halogens is 1. The van der Waals surface area contributed by atoms with Gasteiger partial charge in [-0.1, -0.05) is 18.2 Å². The molecule has 1 fully saturated rings. The summed E-state index contributed by atoms with van der Waals surface area (Å²) in [5, 5.41) is 15.4. The molecule has 2 aliphatic heterocycles. The first-order valence-electron chi connectivity index (χ1n) is 15.9. The van der Waals surface area contributed by atoms with E-state index in [1.165, 1.54) is 12.4 Å². The van der Waals surface area contributed by atoms with E-state index in [2.05, 4.69) is 30.5 Å². The van der Waals surface area contributed by atoms with Crippen LogP contribution in [0, 0.1) is 17.1 Å². The third-order valence-corrected chi connectivity index (χ3v) is 9.13. The molecule has 2 N–H and O–H groups in total. The van der Waals surface area contributed by atoms with Crippen molar-refractivity contribution < 1.29 is 13.9 Å². The van der Waals surface area contributed by atoms with Crippen molar-refractivity contribution in [3.8, 4) is 28.8 Å². The van der Waals surface area contributed by atoms with E-state index in [1.807, 2.05) is 38.2 Å². The van der Waals surface area contributed by atoms with Gasteiger partial charge in [0.1, 0.15) is 52.6 Å². The highest BCUT2D eigenvalue weighted by Gasteiger charge is 2.34. The van der Waals surface area contributed by atoms with E-state index >= 15 is 4.39 Å². The van der Waals surface area contributed by atoms with Gasteiger partial charge < -0.3 is 19.9 Å². The molecular weight excluding hydrogens is 611 g/mol. The third kappa shape index (κ3) is 5.86. The number of nitriles is 1. The van der Waals surface area contributed by atoms with Crippen LogP contribution in [0.25, 0.3) is 22.3 Å². The number of aromatic nitrogens is 6. The Labute approximate surface area is 276 Å². The molecule has 2 aromatic carbocycles. The molecule has 0 aliphatic carbocycles. The summed E-state index contributed by atoms with van der Waals surface area (Å²) in [5.41, 5.74) is 6.83. The Bertz CT molecular complexity index is 2060. The second kappa shape index (κ2) is 12.5. The number of para-hydroxylation sites is 1. The highest BCUT2D eigenvalue weighted by atomic mass is 19.1. The molecule has 5 aromatic rings. The number of piperidine rings is 1. The highest BCUT2D eigenvalue weighted by molar-refractivity contribution is 5.99. The van der Waals surface area contributed by atoms with Crippen molar-refractivity contribution in [3.05, 3.63) is 90.5 Å². The number of nitrogens with zero attached hydrogens (tertiary/aromatic N) is 9. The normalized spacial score (nSPS) is 17.2. The molecule has 1 saturated heterocycles. The number of hydrogen-bond acceptors (Lipinski definition) is 9. The minimum Gasteiger partial charge on any atom is -0.457 e. The number of nitrogens with two attached hydrogens (primary N) is 1. The van der Waals surface area contributed by atoms with E-state index in [4.69, 9.17) is 15.6 Å². The lowest BCUT2D eigenvalue weighted by atomic mass is 9.97. The van der Waals surface area contributed by atoms with Gasteiger partial charge in [0, 0.05) is 55.7 Å². The lowest BCUT2D eigenvalue weighted by Crippen LogP contribution is -2.47. The minimum atomic E-state index is -0.555. The molecule has 0 spiro atoms. The van der Waals surface area contributed by atoms with Gasteiger partial charge in [-0.3, -0.25) is 9.69 Å². The molecule has 7 rings (SSSR count). The minimum absolute atomic E-state index is 0.0898. The molecule has 0 radical (unpaired) electrons. The summed E-state index contributed by atoms with van der Waals surface area (Å²) in [4.78, 5) is 30.8. The highest BCUT2D eigenvalue weighted by Crippen LogP contribution is 2.36. The fourth-order valence-electron chi connectivity index (χ4n) is 6.58. The predicted octanol–water partition coefficient (Wildman–Crippen LogP) is 5.11. The van der Waals surface area contributed by atoms with Crippen molar-refractivity contribution in [2.24, 2.45) is 0 Å². The summed E-state index contributed by atoms with van der Waals surface area (Å²) < 4.78 is 25.3. The van der Waals surface area contributed by atoms with E-state index in [9.17, 15) is 10.1 Å². The number of anilines is 1. The molecule has 48 heavy (non-hydrogen) atoms. The fourth-order valence-corrected chi connectivity index (χ4v) is 6.58. The van der Waals surface area contributed by atoms with Gasteiger partial charge in [-0.15, -0.1) is 0 Å². The van der Waals surface area contributed by atoms with Gasteiger partial charge in [0.25, 0.3) is 5.91 Å². The van der Waals surface area contributed by atoms with Gasteiger partial charge in [-0.2, -0.15) is 10.4 Å². The molecule has 2 aliphatic rings. The van der Waals surface area contributed by atoms with Gasteiger partial charge >= 0.3 is 0 Å². The number of fused-ring (bicyclic) bond motifs is 2. The molecule has 0 bridgehead atoms. The van der Waals surface area contributed by atoms with Crippen molar-refractivity contribution in [1.29, 1.82) is 5.26 Å². The zero-order chi connectivity index (χ0) is 33.4. The van der Waals surface area contributed by atoms with Crippen LogP contribution in [-0.4, -0.2) is 70.2 Å². The third-order valence-electron chi connectivity index (χ3n) is 9.13. The lowest BCUT2D eigenvalue weighted by molar-refractivity contribution is -0.128. The number of amides is 1. The number of hydrogen-bond donors (Lipinski definition) is 1. The molecule has 244 valence electrons. The van der Waals surface area contributed by atoms with Gasteiger partial charge in [0.15, 0.2) is 5.65 Å². The molecule has 5 heterocycles. The van der Waals surface area contributed by atoms with Crippen LogP contribution in [0.4, 0.5) is 10.2 Å². The van der Waals surface area contributed by atoms with Crippen LogP contribution in [0.15, 0.2) is 78.9 Å².